The summed E-state index contributed by atoms with van der Waals surface area (Å²) in [5.74, 6) is -1.18. The molecule has 0 N–H and O–H groups in total. The highest BCUT2D eigenvalue weighted by molar-refractivity contribution is 5.97. The quantitative estimate of drug-likeness (QED) is 0.591. The number of benzene rings is 1. The van der Waals surface area contributed by atoms with E-state index < -0.39 is 11.9 Å². The van der Waals surface area contributed by atoms with Crippen molar-refractivity contribution in [2.24, 2.45) is 5.92 Å². The van der Waals surface area contributed by atoms with Crippen molar-refractivity contribution in [1.82, 2.24) is 0 Å². The van der Waals surface area contributed by atoms with Crippen molar-refractivity contribution in [3.8, 4) is 0 Å². The monoisotopic (exact) mass is 276 g/mol. The molecule has 0 aliphatic carbocycles. The van der Waals surface area contributed by atoms with Gasteiger partial charge in [0.1, 0.15) is 11.7 Å². The molecule has 110 valence electrons. The van der Waals surface area contributed by atoms with Gasteiger partial charge in [0, 0.05) is 0 Å². The molecule has 3 nitrogen and oxygen atoms in total. The lowest BCUT2D eigenvalue weighted by atomic mass is 9.94. The molecule has 0 saturated carbocycles. The van der Waals surface area contributed by atoms with Crippen LogP contribution in [-0.4, -0.2) is 17.9 Å². The number of ether oxygens (including phenoxy) is 1. The molecular formula is C17H24O3. The van der Waals surface area contributed by atoms with Gasteiger partial charge < -0.3 is 4.74 Å². The fourth-order valence-electron chi connectivity index (χ4n) is 2.23. The third-order valence-electron chi connectivity index (χ3n) is 3.33. The van der Waals surface area contributed by atoms with Crippen molar-refractivity contribution in [2.45, 2.75) is 53.6 Å². The van der Waals surface area contributed by atoms with Crippen LogP contribution in [0.25, 0.3) is 0 Å². The number of hydrogen-bond donors (Lipinski definition) is 0. The first kappa shape index (κ1) is 16.4. The molecule has 0 aliphatic heterocycles. The van der Waals surface area contributed by atoms with Crippen molar-refractivity contribution >= 4 is 11.8 Å². The summed E-state index contributed by atoms with van der Waals surface area (Å²) < 4.78 is 5.15. The molecular weight excluding hydrogens is 252 g/mol. The highest BCUT2D eigenvalue weighted by atomic mass is 16.5. The minimum atomic E-state index is -0.655. The van der Waals surface area contributed by atoms with E-state index in [0.29, 0.717) is 12.8 Å². The van der Waals surface area contributed by atoms with Crippen LogP contribution in [0.2, 0.25) is 0 Å². The second-order valence-corrected chi connectivity index (χ2v) is 5.62. The molecule has 20 heavy (non-hydrogen) atoms. The lowest BCUT2D eigenvalue weighted by molar-refractivity contribution is -0.155. The lowest BCUT2D eigenvalue weighted by Crippen LogP contribution is -2.27. The van der Waals surface area contributed by atoms with Crippen molar-refractivity contribution in [3.63, 3.8) is 0 Å². The number of rotatable bonds is 6. The van der Waals surface area contributed by atoms with Gasteiger partial charge in [-0.1, -0.05) is 23.8 Å². The van der Waals surface area contributed by atoms with Gasteiger partial charge in [-0.3, -0.25) is 9.59 Å². The molecule has 0 amide bonds. The smallest absolute Gasteiger partial charge is 0.316 e. The van der Waals surface area contributed by atoms with E-state index in [1.165, 1.54) is 23.6 Å². The van der Waals surface area contributed by atoms with Crippen LogP contribution in [0.5, 0.6) is 0 Å². The molecule has 1 atom stereocenters. The Hall–Kier alpha value is -1.64. The zero-order valence-corrected chi connectivity index (χ0v) is 13.0. The normalized spacial score (nSPS) is 12.3. The molecule has 0 saturated heterocycles. The second-order valence-electron chi connectivity index (χ2n) is 5.62. The Bertz CT molecular complexity index is 489. The average Bonchev–Trinajstić information content (AvgIpc) is 2.30. The van der Waals surface area contributed by atoms with E-state index in [-0.39, 0.29) is 11.9 Å². The number of carbonyl (C=O) groups excluding carboxylic acids is 2. The summed E-state index contributed by atoms with van der Waals surface area (Å²) in [5, 5.41) is 0. The molecule has 1 aromatic rings. The van der Waals surface area contributed by atoms with Gasteiger partial charge in [0.05, 0.1) is 6.10 Å². The first-order valence-corrected chi connectivity index (χ1v) is 7.08. The van der Waals surface area contributed by atoms with E-state index in [4.69, 9.17) is 4.74 Å². The number of hydrogen-bond acceptors (Lipinski definition) is 3. The SMILES string of the molecule is CC(=O)C(CCc1ccc(C)cc1C)C(=O)OC(C)C. The molecule has 0 fully saturated rings. The predicted molar refractivity (Wildman–Crippen MR) is 79.6 cm³/mol. The predicted octanol–water partition coefficient (Wildman–Crippen LogP) is 3.39. The van der Waals surface area contributed by atoms with Gasteiger partial charge in [-0.2, -0.15) is 0 Å². The van der Waals surface area contributed by atoms with Gasteiger partial charge in [-0.25, -0.2) is 0 Å². The standard InChI is InChI=1S/C17H24O3/c1-11(2)20-17(19)16(14(5)18)9-8-15-7-6-12(3)10-13(15)4/h6-7,10-11,16H,8-9H2,1-5H3. The van der Waals surface area contributed by atoms with Crippen LogP contribution in [0.15, 0.2) is 18.2 Å². The Morgan fingerprint density at radius 2 is 1.85 bits per heavy atom. The van der Waals surface area contributed by atoms with Gasteiger partial charge in [-0.05, 0) is 58.6 Å². The average molecular weight is 276 g/mol. The maximum atomic E-state index is 11.9. The van der Waals surface area contributed by atoms with Gasteiger partial charge >= 0.3 is 5.97 Å². The van der Waals surface area contributed by atoms with Crippen molar-refractivity contribution in [3.05, 3.63) is 34.9 Å². The summed E-state index contributed by atoms with van der Waals surface area (Å²) in [4.78, 5) is 23.5. The topological polar surface area (TPSA) is 43.4 Å². The summed E-state index contributed by atoms with van der Waals surface area (Å²) in [5.41, 5.74) is 3.59. The zero-order chi connectivity index (χ0) is 15.3. The molecule has 0 heterocycles. The van der Waals surface area contributed by atoms with E-state index in [2.05, 4.69) is 32.0 Å². The first-order valence-electron chi connectivity index (χ1n) is 7.08. The number of ketones is 1. The van der Waals surface area contributed by atoms with Crippen molar-refractivity contribution in [1.29, 1.82) is 0 Å². The molecule has 3 heteroatoms. The minimum Gasteiger partial charge on any atom is -0.462 e. The minimum absolute atomic E-state index is 0.125. The highest BCUT2D eigenvalue weighted by Gasteiger charge is 2.25. The van der Waals surface area contributed by atoms with E-state index >= 15 is 0 Å². The van der Waals surface area contributed by atoms with Crippen LogP contribution in [0.1, 0.15) is 43.9 Å². The summed E-state index contributed by atoms with van der Waals surface area (Å²) in [6, 6.07) is 6.23. The van der Waals surface area contributed by atoms with Crippen LogP contribution >= 0.6 is 0 Å². The second kappa shape index (κ2) is 7.22. The van der Waals surface area contributed by atoms with Gasteiger partial charge in [0.25, 0.3) is 0 Å². The Morgan fingerprint density at radius 1 is 1.20 bits per heavy atom. The van der Waals surface area contributed by atoms with Crippen LogP contribution in [0.4, 0.5) is 0 Å². The lowest BCUT2D eigenvalue weighted by Gasteiger charge is -2.16. The van der Waals surface area contributed by atoms with E-state index in [9.17, 15) is 9.59 Å². The first-order chi connectivity index (χ1) is 9.31. The van der Waals surface area contributed by atoms with E-state index in [0.717, 1.165) is 0 Å². The van der Waals surface area contributed by atoms with Gasteiger partial charge in [-0.15, -0.1) is 0 Å². The Labute approximate surface area is 121 Å². The molecule has 0 bridgehead atoms. The fourth-order valence-corrected chi connectivity index (χ4v) is 2.23. The molecule has 1 rings (SSSR count). The van der Waals surface area contributed by atoms with Crippen LogP contribution in [-0.2, 0) is 20.7 Å². The summed E-state index contributed by atoms with van der Waals surface area (Å²) >= 11 is 0. The van der Waals surface area contributed by atoms with Crippen LogP contribution < -0.4 is 0 Å². The number of Topliss-reactive ketones (excluding diaryl/α,β-unsaturated/α-hetero) is 1. The van der Waals surface area contributed by atoms with Gasteiger partial charge in [0.2, 0.25) is 0 Å². The number of carbonyl (C=O) groups is 2. The van der Waals surface area contributed by atoms with E-state index in [1.54, 1.807) is 13.8 Å². The van der Waals surface area contributed by atoms with Crippen LogP contribution in [0.3, 0.4) is 0 Å². The summed E-state index contributed by atoms with van der Waals surface area (Å²) in [6.07, 6.45) is 1.03. The number of esters is 1. The molecule has 1 unspecified atom stereocenters. The van der Waals surface area contributed by atoms with Crippen molar-refractivity contribution in [2.75, 3.05) is 0 Å². The highest BCUT2D eigenvalue weighted by Crippen LogP contribution is 2.17. The molecule has 0 radical (unpaired) electrons. The van der Waals surface area contributed by atoms with Crippen molar-refractivity contribution < 1.29 is 14.3 Å². The number of aryl methyl sites for hydroxylation is 3. The Balaban J connectivity index is 2.72. The summed E-state index contributed by atoms with van der Waals surface area (Å²) in [6.45, 7) is 9.14. The largest absolute Gasteiger partial charge is 0.462 e. The fraction of sp³-hybridized carbons (Fsp3) is 0.529. The van der Waals surface area contributed by atoms with Crippen LogP contribution in [0, 0.1) is 19.8 Å². The summed E-state index contributed by atoms with van der Waals surface area (Å²) in [7, 11) is 0. The molecule has 0 aliphatic rings. The van der Waals surface area contributed by atoms with E-state index in [1.807, 2.05) is 0 Å². The zero-order valence-electron chi connectivity index (χ0n) is 13.0. The van der Waals surface area contributed by atoms with Gasteiger partial charge in [0.15, 0.2) is 0 Å². The Kier molecular flexibility index (Phi) is 5.93. The maximum Gasteiger partial charge on any atom is 0.316 e. The molecule has 0 aromatic heterocycles. The third-order valence-corrected chi connectivity index (χ3v) is 3.33. The maximum absolute atomic E-state index is 11.9. The Morgan fingerprint density at radius 3 is 2.35 bits per heavy atom. The molecule has 1 aromatic carbocycles. The molecule has 0 spiro atoms. The third kappa shape index (κ3) is 4.80.